The topological polar surface area (TPSA) is 44.9 Å². The Hall–Kier alpha value is -3.64. The first kappa shape index (κ1) is 19.3. The Kier molecular flexibility index (Phi) is 4.92. The van der Waals surface area contributed by atoms with Crippen molar-refractivity contribution in [3.63, 3.8) is 0 Å². The van der Waals surface area contributed by atoms with E-state index in [2.05, 4.69) is 0 Å². The zero-order valence-corrected chi connectivity index (χ0v) is 17.4. The largest absolute Gasteiger partial charge is 0.486 e. The van der Waals surface area contributed by atoms with Gasteiger partial charge in [0.05, 0.1) is 11.0 Å². The molecule has 0 unspecified atom stereocenters. The van der Waals surface area contributed by atoms with Gasteiger partial charge in [0, 0.05) is 24.0 Å². The van der Waals surface area contributed by atoms with E-state index >= 15 is 0 Å². The van der Waals surface area contributed by atoms with Crippen molar-refractivity contribution in [2.75, 3.05) is 0 Å². The molecule has 5 rings (SSSR count). The average molecular weight is 433 g/mol. The van der Waals surface area contributed by atoms with Crippen molar-refractivity contribution < 1.29 is 9.13 Å². The van der Waals surface area contributed by atoms with E-state index in [1.807, 2.05) is 70.9 Å². The van der Waals surface area contributed by atoms with Gasteiger partial charge in [-0.15, -0.1) is 0 Å². The number of imidazole rings is 2. The Labute approximate surface area is 183 Å². The third-order valence-corrected chi connectivity index (χ3v) is 5.33. The highest BCUT2D eigenvalue weighted by Crippen LogP contribution is 2.26. The summed E-state index contributed by atoms with van der Waals surface area (Å²) < 4.78 is 23.0. The minimum absolute atomic E-state index is 0.207. The molecule has 0 atom stereocenters. The lowest BCUT2D eigenvalue weighted by molar-refractivity contribution is 0.293. The first-order valence-electron chi connectivity index (χ1n) is 9.73. The fraction of sp³-hybridized carbons (Fsp3) is 0.0833. The molecule has 5 nitrogen and oxygen atoms in total. The molecule has 0 saturated heterocycles. The molecule has 0 aliphatic carbocycles. The summed E-state index contributed by atoms with van der Waals surface area (Å²) in [5.74, 6) is 1.71. The summed E-state index contributed by atoms with van der Waals surface area (Å²) in [6.07, 6.45) is 1.94. The van der Waals surface area contributed by atoms with Crippen molar-refractivity contribution in [1.29, 1.82) is 0 Å². The number of aryl methyl sites for hydroxylation is 1. The van der Waals surface area contributed by atoms with E-state index in [9.17, 15) is 4.39 Å². The molecule has 0 saturated carbocycles. The Morgan fingerprint density at radius 3 is 2.42 bits per heavy atom. The molecule has 0 N–H and O–H groups in total. The van der Waals surface area contributed by atoms with Crippen molar-refractivity contribution in [1.82, 2.24) is 19.1 Å². The zero-order chi connectivity index (χ0) is 21.4. The van der Waals surface area contributed by atoms with E-state index in [4.69, 9.17) is 26.3 Å². The number of fused-ring (bicyclic) bond motifs is 1. The normalized spacial score (nSPS) is 11.2. The van der Waals surface area contributed by atoms with Gasteiger partial charge >= 0.3 is 0 Å². The molecule has 5 aromatic rings. The molecule has 0 aliphatic heterocycles. The number of halogens is 2. The Balaban J connectivity index is 1.56. The van der Waals surface area contributed by atoms with Crippen LogP contribution in [0.4, 0.5) is 4.39 Å². The van der Waals surface area contributed by atoms with Crippen LogP contribution in [0, 0.1) is 5.82 Å². The van der Waals surface area contributed by atoms with E-state index in [1.54, 1.807) is 12.1 Å². The van der Waals surface area contributed by atoms with Gasteiger partial charge in [-0.3, -0.25) is 0 Å². The molecule has 154 valence electrons. The minimum Gasteiger partial charge on any atom is -0.486 e. The van der Waals surface area contributed by atoms with E-state index in [1.165, 1.54) is 12.1 Å². The van der Waals surface area contributed by atoms with Crippen LogP contribution in [0.2, 0.25) is 5.02 Å². The number of rotatable bonds is 5. The standard InChI is InChI=1S/C24H18ClFN4O/c1-29-22-5-3-2-4-20(22)28-24(29)21-14-30(18-10-6-16(25)7-11-18)23(27-21)15-31-19-12-8-17(26)9-13-19/h2-14H,15H2,1H3. The predicted octanol–water partition coefficient (Wildman–Crippen LogP) is 5.80. The van der Waals surface area contributed by atoms with Crippen molar-refractivity contribution in [2.45, 2.75) is 6.61 Å². The van der Waals surface area contributed by atoms with Crippen LogP contribution >= 0.6 is 11.6 Å². The highest BCUT2D eigenvalue weighted by molar-refractivity contribution is 6.30. The summed E-state index contributed by atoms with van der Waals surface area (Å²) in [5.41, 5.74) is 3.57. The monoisotopic (exact) mass is 432 g/mol. The number of benzene rings is 3. The van der Waals surface area contributed by atoms with Crippen LogP contribution in [0.5, 0.6) is 5.75 Å². The van der Waals surface area contributed by atoms with Crippen LogP contribution in [-0.4, -0.2) is 19.1 Å². The van der Waals surface area contributed by atoms with E-state index in [-0.39, 0.29) is 12.4 Å². The average Bonchev–Trinajstić information content (AvgIpc) is 3.35. The third-order valence-electron chi connectivity index (χ3n) is 5.08. The minimum atomic E-state index is -0.306. The molecule has 0 amide bonds. The van der Waals surface area contributed by atoms with Crippen molar-refractivity contribution in [3.05, 3.63) is 95.7 Å². The van der Waals surface area contributed by atoms with Crippen LogP contribution in [0.15, 0.2) is 79.0 Å². The van der Waals surface area contributed by atoms with Gasteiger partial charge in [-0.2, -0.15) is 0 Å². The van der Waals surface area contributed by atoms with Crippen LogP contribution in [-0.2, 0) is 13.7 Å². The number of hydrogen-bond acceptors (Lipinski definition) is 3. The quantitative estimate of drug-likeness (QED) is 0.352. The first-order valence-corrected chi connectivity index (χ1v) is 10.1. The summed E-state index contributed by atoms with van der Waals surface area (Å²) in [7, 11) is 1.97. The van der Waals surface area contributed by atoms with E-state index < -0.39 is 0 Å². The Morgan fingerprint density at radius 1 is 0.935 bits per heavy atom. The fourth-order valence-corrected chi connectivity index (χ4v) is 3.63. The molecule has 0 fully saturated rings. The summed E-state index contributed by atoms with van der Waals surface area (Å²) in [4.78, 5) is 9.57. The Morgan fingerprint density at radius 2 is 1.68 bits per heavy atom. The number of nitrogens with zero attached hydrogens (tertiary/aromatic N) is 4. The first-order chi connectivity index (χ1) is 15.1. The number of ether oxygens (including phenoxy) is 1. The van der Waals surface area contributed by atoms with Gasteiger partial charge in [-0.05, 0) is 60.7 Å². The Bertz CT molecular complexity index is 1360. The maximum Gasteiger partial charge on any atom is 0.161 e. The third kappa shape index (κ3) is 3.78. The highest BCUT2D eigenvalue weighted by atomic mass is 35.5. The van der Waals surface area contributed by atoms with Crippen LogP contribution < -0.4 is 4.74 Å². The lowest BCUT2D eigenvalue weighted by Crippen LogP contribution is -2.05. The number of hydrogen-bond donors (Lipinski definition) is 0. The summed E-state index contributed by atoms with van der Waals surface area (Å²) in [6, 6.07) is 21.4. The van der Waals surface area contributed by atoms with Gasteiger partial charge in [0.25, 0.3) is 0 Å². The van der Waals surface area contributed by atoms with Crippen molar-refractivity contribution >= 4 is 22.6 Å². The molecule has 0 spiro atoms. The molecule has 3 aromatic carbocycles. The second-order valence-electron chi connectivity index (χ2n) is 7.11. The SMILES string of the molecule is Cn1c(-c2cn(-c3ccc(Cl)cc3)c(COc3ccc(F)cc3)n2)nc2ccccc21. The van der Waals surface area contributed by atoms with Crippen LogP contribution in [0.3, 0.4) is 0 Å². The van der Waals surface area contributed by atoms with Crippen LogP contribution in [0.1, 0.15) is 5.82 Å². The van der Waals surface area contributed by atoms with Gasteiger partial charge in [0.2, 0.25) is 0 Å². The zero-order valence-electron chi connectivity index (χ0n) is 16.7. The summed E-state index contributed by atoms with van der Waals surface area (Å²) in [5, 5.41) is 0.656. The van der Waals surface area contributed by atoms with E-state index in [0.717, 1.165) is 28.2 Å². The maximum absolute atomic E-state index is 13.2. The summed E-state index contributed by atoms with van der Waals surface area (Å²) in [6.45, 7) is 0.207. The van der Waals surface area contributed by atoms with Gasteiger partial charge < -0.3 is 13.9 Å². The van der Waals surface area contributed by atoms with Gasteiger partial charge in [0.15, 0.2) is 11.6 Å². The van der Waals surface area contributed by atoms with Gasteiger partial charge in [-0.1, -0.05) is 23.7 Å². The molecule has 2 aromatic heterocycles. The van der Waals surface area contributed by atoms with E-state index in [0.29, 0.717) is 16.6 Å². The molecule has 0 bridgehead atoms. The fourth-order valence-electron chi connectivity index (χ4n) is 3.51. The smallest absolute Gasteiger partial charge is 0.161 e. The molecule has 2 heterocycles. The van der Waals surface area contributed by atoms with Gasteiger partial charge in [0.1, 0.15) is 23.9 Å². The highest BCUT2D eigenvalue weighted by Gasteiger charge is 2.17. The van der Waals surface area contributed by atoms with Crippen molar-refractivity contribution in [2.24, 2.45) is 7.05 Å². The second-order valence-corrected chi connectivity index (χ2v) is 7.55. The summed E-state index contributed by atoms with van der Waals surface area (Å²) >= 11 is 6.07. The molecule has 31 heavy (non-hydrogen) atoms. The molecule has 0 aliphatic rings. The molecule has 7 heteroatoms. The lowest BCUT2D eigenvalue weighted by Gasteiger charge is -2.09. The van der Waals surface area contributed by atoms with Crippen LogP contribution in [0.25, 0.3) is 28.2 Å². The predicted molar refractivity (Wildman–Crippen MR) is 119 cm³/mol. The second kappa shape index (κ2) is 7.89. The lowest BCUT2D eigenvalue weighted by atomic mass is 10.3. The molecular formula is C24H18ClFN4O. The molecule has 0 radical (unpaired) electrons. The number of aromatic nitrogens is 4. The maximum atomic E-state index is 13.2. The van der Waals surface area contributed by atoms with Gasteiger partial charge in [-0.25, -0.2) is 14.4 Å². The molecular weight excluding hydrogens is 415 g/mol. The van der Waals surface area contributed by atoms with Crippen molar-refractivity contribution in [3.8, 4) is 23.0 Å². The number of para-hydroxylation sites is 2.